The van der Waals surface area contributed by atoms with Gasteiger partial charge >= 0.3 is 0 Å². The van der Waals surface area contributed by atoms with Crippen LogP contribution >= 0.6 is 0 Å². The molecule has 1 amide bonds. The number of rotatable bonds is 9. The van der Waals surface area contributed by atoms with Gasteiger partial charge in [-0.05, 0) is 42.3 Å². The Labute approximate surface area is 275 Å². The van der Waals surface area contributed by atoms with Crippen LogP contribution in [-0.4, -0.2) is 84.4 Å². The number of likely N-dealkylation sites (N-methyl/N-ethyl adjacent to an activating group) is 1. The Bertz CT molecular complexity index is 1890. The molecule has 0 saturated carbocycles. The second kappa shape index (κ2) is 13.4. The van der Waals surface area contributed by atoms with E-state index in [4.69, 9.17) is 9.47 Å². The molecule has 1 fully saturated rings. The molecule has 7 rings (SSSR count). The number of piperazine rings is 1. The number of nitrogens with zero attached hydrogens (tertiary/aromatic N) is 4. The van der Waals surface area contributed by atoms with E-state index in [1.165, 1.54) is 5.56 Å². The van der Waals surface area contributed by atoms with Crippen molar-refractivity contribution >= 4 is 23.1 Å². The van der Waals surface area contributed by atoms with E-state index >= 15 is 4.79 Å². The number of hydrogen-bond donors (Lipinski definition) is 0. The van der Waals surface area contributed by atoms with Crippen molar-refractivity contribution in [2.45, 2.75) is 25.6 Å². The molecule has 4 aromatic carbocycles. The van der Waals surface area contributed by atoms with E-state index in [-0.39, 0.29) is 11.9 Å². The van der Waals surface area contributed by atoms with Gasteiger partial charge in [0.05, 0.1) is 29.4 Å². The van der Waals surface area contributed by atoms with Crippen molar-refractivity contribution in [3.8, 4) is 17.2 Å². The molecular formula is C39H39N4O4. The van der Waals surface area contributed by atoms with Crippen molar-refractivity contribution < 1.29 is 19.1 Å². The summed E-state index contributed by atoms with van der Waals surface area (Å²) in [5.41, 5.74) is 5.80. The Morgan fingerprint density at radius 1 is 0.872 bits per heavy atom. The third kappa shape index (κ3) is 6.26. The number of hydrogen-bond acceptors (Lipinski definition) is 6. The highest BCUT2D eigenvalue weighted by molar-refractivity contribution is 6.02. The molecule has 0 bridgehead atoms. The second-order valence-electron chi connectivity index (χ2n) is 12.5. The molecule has 0 aliphatic carbocycles. The summed E-state index contributed by atoms with van der Waals surface area (Å²) in [5, 5.41) is 0.768. The van der Waals surface area contributed by atoms with Crippen LogP contribution < -0.4 is 9.47 Å². The van der Waals surface area contributed by atoms with Crippen molar-refractivity contribution in [3.05, 3.63) is 125 Å². The van der Waals surface area contributed by atoms with E-state index in [1.807, 2.05) is 82.3 Å². The number of benzene rings is 4. The summed E-state index contributed by atoms with van der Waals surface area (Å²) >= 11 is 0. The molecule has 1 saturated heterocycles. The van der Waals surface area contributed by atoms with Gasteiger partial charge in [-0.1, -0.05) is 72.8 Å². The molecule has 5 aromatic rings. The lowest BCUT2D eigenvalue weighted by molar-refractivity contribution is 0.0535. The van der Waals surface area contributed by atoms with Crippen LogP contribution in [0.4, 0.5) is 0 Å². The van der Waals surface area contributed by atoms with Crippen LogP contribution in [0.15, 0.2) is 97.2 Å². The maximum Gasteiger partial charge on any atom is 0.256 e. The third-order valence-corrected chi connectivity index (χ3v) is 9.51. The molecule has 2 aliphatic heterocycles. The van der Waals surface area contributed by atoms with E-state index in [9.17, 15) is 4.79 Å². The second-order valence-corrected chi connectivity index (χ2v) is 12.5. The lowest BCUT2D eigenvalue weighted by Crippen LogP contribution is -2.53. The fourth-order valence-electron chi connectivity index (χ4n) is 6.86. The zero-order valence-corrected chi connectivity index (χ0v) is 26.9. The van der Waals surface area contributed by atoms with E-state index in [1.54, 1.807) is 13.3 Å². The maximum atomic E-state index is 15.1. The molecule has 8 nitrogen and oxygen atoms in total. The van der Waals surface area contributed by atoms with Crippen LogP contribution in [0.1, 0.15) is 32.6 Å². The van der Waals surface area contributed by atoms with Gasteiger partial charge in [0, 0.05) is 63.0 Å². The van der Waals surface area contributed by atoms with Gasteiger partial charge in [0.15, 0.2) is 11.5 Å². The minimum atomic E-state index is -0.0877. The number of fused-ring (bicyclic) bond motifs is 2. The first-order chi connectivity index (χ1) is 23.0. The zero-order valence-electron chi connectivity index (χ0n) is 26.9. The smallest absolute Gasteiger partial charge is 0.256 e. The molecule has 239 valence electrons. The normalized spacial score (nSPS) is 17.0. The van der Waals surface area contributed by atoms with Crippen LogP contribution in [0.5, 0.6) is 11.5 Å². The Balaban J connectivity index is 1.33. The van der Waals surface area contributed by atoms with E-state index < -0.39 is 0 Å². The van der Waals surface area contributed by atoms with Gasteiger partial charge in [-0.15, -0.1) is 0 Å². The largest absolute Gasteiger partial charge is 0.493 e. The molecule has 3 heterocycles. The molecular weight excluding hydrogens is 588 g/mol. The van der Waals surface area contributed by atoms with Gasteiger partial charge in [0.25, 0.3) is 5.91 Å². The van der Waals surface area contributed by atoms with E-state index in [2.05, 4.69) is 41.3 Å². The number of carbonyl (C=O) groups is 1. The highest BCUT2D eigenvalue weighted by atomic mass is 16.5. The van der Waals surface area contributed by atoms with Gasteiger partial charge < -0.3 is 23.8 Å². The first-order valence-corrected chi connectivity index (χ1v) is 16.2. The lowest BCUT2D eigenvalue weighted by atomic mass is 9.92. The molecule has 47 heavy (non-hydrogen) atoms. The highest BCUT2D eigenvalue weighted by Crippen LogP contribution is 2.37. The summed E-state index contributed by atoms with van der Waals surface area (Å²) in [4.78, 5) is 34.0. The van der Waals surface area contributed by atoms with Crippen molar-refractivity contribution in [2.75, 3.05) is 46.9 Å². The molecule has 8 heteroatoms. The van der Waals surface area contributed by atoms with E-state index in [0.717, 1.165) is 61.2 Å². The predicted octanol–water partition coefficient (Wildman–Crippen LogP) is 5.49. The number of ether oxygens (including phenoxy) is 2. The standard InChI is InChI=1S/C39H39N4O4/c1-40-16-18-41(19-17-40)25-32-20-29-12-6-7-13-30(29)23-42(32)39(45)34-21-38(47-27-28-10-4-3-5-11-28)37(46-2)22-36(34)43-24-31(26-44)33-14-8-9-15-35(33)43/h3-15,21-22,24,32H,16-20,23,25,27H2,1-2H3/t32-/m0/s1. The lowest BCUT2D eigenvalue weighted by Gasteiger charge is -2.41. The Kier molecular flexibility index (Phi) is 8.78. The summed E-state index contributed by atoms with van der Waals surface area (Å²) in [6.07, 6.45) is 4.62. The fraction of sp³-hybridized carbons (Fsp3) is 0.282. The first kappa shape index (κ1) is 30.7. The summed E-state index contributed by atoms with van der Waals surface area (Å²) in [5.74, 6) is 0.894. The number of aromatic nitrogens is 1. The quantitative estimate of drug-likeness (QED) is 0.215. The van der Waals surface area contributed by atoms with Crippen molar-refractivity contribution in [1.82, 2.24) is 19.3 Å². The van der Waals surface area contributed by atoms with Crippen LogP contribution in [0.2, 0.25) is 0 Å². The SMILES string of the molecule is COc1cc(-n2cc([C]=O)c3ccccc32)c(C(=O)N2Cc3ccccc3C[C@H]2CN2CCN(C)CC2)cc1OCc1ccccc1. The zero-order chi connectivity index (χ0) is 32.3. The predicted molar refractivity (Wildman–Crippen MR) is 183 cm³/mol. The van der Waals surface area contributed by atoms with E-state index in [0.29, 0.717) is 41.5 Å². The molecule has 0 unspecified atom stereocenters. The minimum Gasteiger partial charge on any atom is -0.493 e. The number of amides is 1. The van der Waals surface area contributed by atoms with Crippen LogP contribution in [0.3, 0.4) is 0 Å². The van der Waals surface area contributed by atoms with Crippen LogP contribution in [0, 0.1) is 0 Å². The van der Waals surface area contributed by atoms with Gasteiger partial charge in [0.1, 0.15) is 6.61 Å². The summed E-state index contributed by atoms with van der Waals surface area (Å²) in [7, 11) is 3.76. The van der Waals surface area contributed by atoms with Gasteiger partial charge in [-0.3, -0.25) is 14.5 Å². The molecule has 0 spiro atoms. The highest BCUT2D eigenvalue weighted by Gasteiger charge is 2.34. The summed E-state index contributed by atoms with van der Waals surface area (Å²) < 4.78 is 14.1. The van der Waals surface area contributed by atoms with Gasteiger partial charge in [0.2, 0.25) is 6.29 Å². The van der Waals surface area contributed by atoms with Crippen molar-refractivity contribution in [1.29, 1.82) is 0 Å². The number of methoxy groups -OCH3 is 1. The topological polar surface area (TPSA) is 67.2 Å². The summed E-state index contributed by atoms with van der Waals surface area (Å²) in [6.45, 7) is 5.61. The first-order valence-electron chi connectivity index (χ1n) is 16.2. The van der Waals surface area contributed by atoms with Crippen LogP contribution in [0.25, 0.3) is 16.6 Å². The Hall–Kier alpha value is -4.92. The molecule has 0 N–H and O–H groups in total. The Morgan fingerprint density at radius 2 is 1.60 bits per heavy atom. The molecule has 1 aromatic heterocycles. The van der Waals surface area contributed by atoms with Crippen molar-refractivity contribution in [2.24, 2.45) is 0 Å². The minimum absolute atomic E-state index is 0.00952. The maximum absolute atomic E-state index is 15.1. The third-order valence-electron chi connectivity index (χ3n) is 9.51. The van der Waals surface area contributed by atoms with Gasteiger partial charge in [-0.25, -0.2) is 0 Å². The molecule has 2 aliphatic rings. The molecule has 1 atom stereocenters. The average molecular weight is 628 g/mol. The Morgan fingerprint density at radius 3 is 2.36 bits per heavy atom. The monoisotopic (exact) mass is 627 g/mol. The summed E-state index contributed by atoms with van der Waals surface area (Å²) in [6, 6.07) is 29.7. The van der Waals surface area contributed by atoms with Gasteiger partial charge in [-0.2, -0.15) is 0 Å². The van der Waals surface area contributed by atoms with Crippen molar-refractivity contribution in [3.63, 3.8) is 0 Å². The molecule has 1 radical (unpaired) electrons. The van der Waals surface area contributed by atoms with Crippen LogP contribution in [-0.2, 0) is 24.4 Å². The number of para-hydroxylation sites is 1. The average Bonchev–Trinajstić information content (AvgIpc) is 3.50. The fourth-order valence-corrected chi connectivity index (χ4v) is 6.86. The number of carbonyl (C=O) groups excluding carboxylic acids is 2.